The molecule has 7 nitrogen and oxygen atoms in total. The first-order valence-corrected chi connectivity index (χ1v) is 6.74. The third kappa shape index (κ3) is 4.13. The quantitative estimate of drug-likeness (QED) is 0.521. The molecule has 0 saturated carbocycles. The van der Waals surface area contributed by atoms with Gasteiger partial charge >= 0.3 is 0 Å². The van der Waals surface area contributed by atoms with Gasteiger partial charge in [0, 0.05) is 17.2 Å². The van der Waals surface area contributed by atoms with Gasteiger partial charge in [-0.2, -0.15) is 5.10 Å². The van der Waals surface area contributed by atoms with E-state index in [1.54, 1.807) is 26.2 Å². The van der Waals surface area contributed by atoms with Crippen LogP contribution in [0, 0.1) is 17.0 Å². The van der Waals surface area contributed by atoms with E-state index in [0.717, 1.165) is 5.56 Å². The van der Waals surface area contributed by atoms with Crippen molar-refractivity contribution in [3.63, 3.8) is 0 Å². The molecule has 118 valence electrons. The fourth-order valence-corrected chi connectivity index (χ4v) is 1.95. The lowest BCUT2D eigenvalue weighted by atomic mass is 10.1. The summed E-state index contributed by atoms with van der Waals surface area (Å²) in [6, 6.07) is 11.3. The van der Waals surface area contributed by atoms with E-state index in [4.69, 9.17) is 4.74 Å². The third-order valence-corrected chi connectivity index (χ3v) is 3.13. The number of nitrogens with zero attached hydrogens (tertiary/aromatic N) is 2. The van der Waals surface area contributed by atoms with Crippen LogP contribution in [0.15, 0.2) is 47.6 Å². The van der Waals surface area contributed by atoms with Crippen LogP contribution in [0.2, 0.25) is 0 Å². The Kier molecular flexibility index (Phi) is 5.03. The van der Waals surface area contributed by atoms with E-state index in [-0.39, 0.29) is 5.69 Å². The van der Waals surface area contributed by atoms with Gasteiger partial charge in [-0.25, -0.2) is 5.43 Å². The number of carbonyl (C=O) groups is 1. The van der Waals surface area contributed by atoms with Gasteiger partial charge < -0.3 is 4.74 Å². The molecule has 2 rings (SSSR count). The second-order valence-electron chi connectivity index (χ2n) is 4.73. The molecule has 2 aromatic rings. The molecule has 0 aliphatic heterocycles. The van der Waals surface area contributed by atoms with Crippen molar-refractivity contribution in [1.82, 2.24) is 5.43 Å². The van der Waals surface area contributed by atoms with Crippen LogP contribution in [0.1, 0.15) is 21.5 Å². The smallest absolute Gasteiger partial charge is 0.272 e. The van der Waals surface area contributed by atoms with Crippen molar-refractivity contribution in [3.05, 3.63) is 69.3 Å². The van der Waals surface area contributed by atoms with Crippen LogP contribution in [-0.4, -0.2) is 24.2 Å². The molecule has 0 fully saturated rings. The molecule has 2 aromatic carbocycles. The highest BCUT2D eigenvalue weighted by Crippen LogP contribution is 2.18. The maximum Gasteiger partial charge on any atom is 0.272 e. The number of aryl methyl sites for hydroxylation is 1. The summed E-state index contributed by atoms with van der Waals surface area (Å²) in [7, 11) is 1.56. The van der Waals surface area contributed by atoms with Crippen LogP contribution in [0.5, 0.6) is 5.75 Å². The first-order valence-electron chi connectivity index (χ1n) is 6.74. The highest BCUT2D eigenvalue weighted by atomic mass is 16.6. The number of amides is 1. The van der Waals surface area contributed by atoms with Crippen LogP contribution in [0.3, 0.4) is 0 Å². The molecular formula is C16H15N3O4. The Labute approximate surface area is 132 Å². The van der Waals surface area contributed by atoms with Crippen molar-refractivity contribution in [2.75, 3.05) is 7.11 Å². The molecule has 0 aliphatic rings. The number of benzene rings is 2. The number of hydrogen-bond acceptors (Lipinski definition) is 5. The average Bonchev–Trinajstić information content (AvgIpc) is 2.54. The lowest BCUT2D eigenvalue weighted by Crippen LogP contribution is -2.17. The first kappa shape index (κ1) is 16.2. The molecule has 1 amide bonds. The van der Waals surface area contributed by atoms with Crippen LogP contribution in [0.4, 0.5) is 5.69 Å². The number of carbonyl (C=O) groups excluding carboxylic acids is 1. The molecule has 0 heterocycles. The molecule has 23 heavy (non-hydrogen) atoms. The minimum Gasteiger partial charge on any atom is -0.497 e. The Bertz CT molecular complexity index is 772. The maximum absolute atomic E-state index is 12.0. The molecule has 0 bridgehead atoms. The average molecular weight is 313 g/mol. The summed E-state index contributed by atoms with van der Waals surface area (Å²) in [5.74, 6) is 0.244. The van der Waals surface area contributed by atoms with Gasteiger partial charge in [0.05, 0.1) is 18.2 Å². The predicted octanol–water partition coefficient (Wildman–Crippen LogP) is 2.68. The van der Waals surface area contributed by atoms with Gasteiger partial charge in [-0.15, -0.1) is 0 Å². The van der Waals surface area contributed by atoms with Gasteiger partial charge in [-0.1, -0.05) is 12.1 Å². The van der Waals surface area contributed by atoms with Crippen LogP contribution in [-0.2, 0) is 0 Å². The second kappa shape index (κ2) is 7.17. The summed E-state index contributed by atoms with van der Waals surface area (Å²) in [5.41, 5.74) is 3.84. The number of methoxy groups -OCH3 is 1. The lowest BCUT2D eigenvalue weighted by molar-refractivity contribution is -0.385. The van der Waals surface area contributed by atoms with E-state index in [0.29, 0.717) is 16.9 Å². The Balaban J connectivity index is 2.05. The number of nitro benzene ring substituents is 1. The maximum atomic E-state index is 12.0. The fraction of sp³-hybridized carbons (Fsp3) is 0.125. The third-order valence-electron chi connectivity index (χ3n) is 3.13. The SMILES string of the molecule is COc1cccc(/C=N/NC(=O)c2ccc([N+](=O)[O-])c(C)c2)c1. The monoisotopic (exact) mass is 313 g/mol. The molecule has 1 N–H and O–H groups in total. The van der Waals surface area contributed by atoms with E-state index < -0.39 is 10.8 Å². The molecular weight excluding hydrogens is 298 g/mol. The zero-order chi connectivity index (χ0) is 16.8. The standard InChI is InChI=1S/C16H15N3O4/c1-11-8-13(6-7-15(11)19(21)22)16(20)18-17-10-12-4-3-5-14(9-12)23-2/h3-10H,1-2H3,(H,18,20)/b17-10+. The Hall–Kier alpha value is -3.22. The molecule has 0 atom stereocenters. The van der Waals surface area contributed by atoms with Gasteiger partial charge in [-0.3, -0.25) is 14.9 Å². The summed E-state index contributed by atoms with van der Waals surface area (Å²) >= 11 is 0. The highest BCUT2D eigenvalue weighted by Gasteiger charge is 2.13. The second-order valence-corrected chi connectivity index (χ2v) is 4.73. The number of ether oxygens (including phenoxy) is 1. The van der Waals surface area contributed by atoms with E-state index in [1.165, 1.54) is 24.4 Å². The van der Waals surface area contributed by atoms with Gasteiger partial charge in [0.25, 0.3) is 11.6 Å². The molecule has 0 saturated heterocycles. The highest BCUT2D eigenvalue weighted by molar-refractivity contribution is 5.95. The molecule has 0 aromatic heterocycles. The summed E-state index contributed by atoms with van der Waals surface area (Å²) < 4.78 is 5.09. The minimum atomic E-state index is -0.488. The van der Waals surface area contributed by atoms with E-state index >= 15 is 0 Å². The lowest BCUT2D eigenvalue weighted by Gasteiger charge is -2.02. The number of hydrazone groups is 1. The fourth-order valence-electron chi connectivity index (χ4n) is 1.95. The Morgan fingerprint density at radius 1 is 1.30 bits per heavy atom. The normalized spacial score (nSPS) is 10.5. The zero-order valence-corrected chi connectivity index (χ0v) is 12.6. The number of nitrogens with one attached hydrogen (secondary N) is 1. The zero-order valence-electron chi connectivity index (χ0n) is 12.6. The van der Waals surface area contributed by atoms with Crippen LogP contribution in [0.25, 0.3) is 0 Å². The van der Waals surface area contributed by atoms with Gasteiger partial charge in [0.1, 0.15) is 5.75 Å². The largest absolute Gasteiger partial charge is 0.497 e. The van der Waals surface area contributed by atoms with E-state index in [9.17, 15) is 14.9 Å². The van der Waals surface area contributed by atoms with Gasteiger partial charge in [0.2, 0.25) is 0 Å². The van der Waals surface area contributed by atoms with Crippen LogP contribution >= 0.6 is 0 Å². The first-order chi connectivity index (χ1) is 11.0. The Morgan fingerprint density at radius 2 is 2.09 bits per heavy atom. The van der Waals surface area contributed by atoms with Crippen molar-refractivity contribution in [2.24, 2.45) is 5.10 Å². The molecule has 0 unspecified atom stereocenters. The van der Waals surface area contributed by atoms with Crippen molar-refractivity contribution >= 4 is 17.8 Å². The number of nitro groups is 1. The topological polar surface area (TPSA) is 93.8 Å². The Morgan fingerprint density at radius 3 is 2.74 bits per heavy atom. The van der Waals surface area contributed by atoms with Crippen LogP contribution < -0.4 is 10.2 Å². The number of rotatable bonds is 5. The van der Waals surface area contributed by atoms with Gasteiger partial charge in [-0.05, 0) is 36.8 Å². The summed E-state index contributed by atoms with van der Waals surface area (Å²) in [5, 5.41) is 14.6. The van der Waals surface area contributed by atoms with Crippen molar-refractivity contribution in [1.29, 1.82) is 0 Å². The molecule has 7 heteroatoms. The van der Waals surface area contributed by atoms with Gasteiger partial charge in [0.15, 0.2) is 0 Å². The molecule has 0 aliphatic carbocycles. The minimum absolute atomic E-state index is 0.0265. The molecule has 0 radical (unpaired) electrons. The van der Waals surface area contributed by atoms with Crippen molar-refractivity contribution in [2.45, 2.75) is 6.92 Å². The van der Waals surface area contributed by atoms with Crippen molar-refractivity contribution in [3.8, 4) is 5.75 Å². The summed E-state index contributed by atoms with van der Waals surface area (Å²) in [4.78, 5) is 22.2. The molecule has 0 spiro atoms. The predicted molar refractivity (Wildman–Crippen MR) is 85.9 cm³/mol. The van der Waals surface area contributed by atoms with E-state index in [1.807, 2.05) is 12.1 Å². The van der Waals surface area contributed by atoms with E-state index in [2.05, 4.69) is 10.5 Å². The summed E-state index contributed by atoms with van der Waals surface area (Å²) in [6.07, 6.45) is 1.48. The number of hydrogen-bond donors (Lipinski definition) is 1. The summed E-state index contributed by atoms with van der Waals surface area (Å²) in [6.45, 7) is 1.58. The van der Waals surface area contributed by atoms with Crippen molar-refractivity contribution < 1.29 is 14.5 Å².